The molecule has 2 saturated carbocycles. The Kier molecular flexibility index (Phi) is 4.26. The van der Waals surface area contributed by atoms with Crippen LogP contribution in [0.3, 0.4) is 0 Å². The maximum atomic E-state index is 12.9. The van der Waals surface area contributed by atoms with Crippen molar-refractivity contribution in [1.82, 2.24) is 0 Å². The highest BCUT2D eigenvalue weighted by Crippen LogP contribution is 2.56. The predicted molar refractivity (Wildman–Crippen MR) is 108 cm³/mol. The van der Waals surface area contributed by atoms with Crippen LogP contribution in [-0.2, 0) is 9.59 Å². The van der Waals surface area contributed by atoms with Crippen LogP contribution in [0.15, 0.2) is 48.5 Å². The molecule has 5 heteroatoms. The van der Waals surface area contributed by atoms with Crippen molar-refractivity contribution >= 4 is 23.3 Å². The maximum Gasteiger partial charge on any atom is 0.237 e. The van der Waals surface area contributed by atoms with Gasteiger partial charge in [-0.3, -0.25) is 19.3 Å². The molecule has 1 aliphatic heterocycles. The van der Waals surface area contributed by atoms with E-state index in [1.54, 1.807) is 36.4 Å². The third kappa shape index (κ3) is 2.96. The second-order valence-corrected chi connectivity index (χ2v) is 8.47. The first-order valence-corrected chi connectivity index (χ1v) is 10.2. The van der Waals surface area contributed by atoms with Gasteiger partial charge in [0.15, 0.2) is 12.4 Å². The van der Waals surface area contributed by atoms with Crippen molar-refractivity contribution in [3.63, 3.8) is 0 Å². The first-order chi connectivity index (χ1) is 14.0. The summed E-state index contributed by atoms with van der Waals surface area (Å²) >= 11 is 0. The number of benzene rings is 2. The fraction of sp³-hybridized carbons (Fsp3) is 0.375. The summed E-state index contributed by atoms with van der Waals surface area (Å²) in [5, 5.41) is 0. The standard InChI is InChI=1S/C24H23NO4/c1-14-2-4-15(5-3-14)20(26)13-29-19-10-8-18(9-11-19)25-23(27)21-16-6-7-17(12-16)22(21)24(25)28/h2-5,8-11,16-17,21-22H,6-7,12-13H2,1H3/t16-,17+,21-,22+. The van der Waals surface area contributed by atoms with Crippen LogP contribution in [0.25, 0.3) is 0 Å². The first-order valence-electron chi connectivity index (χ1n) is 10.2. The second-order valence-electron chi connectivity index (χ2n) is 8.47. The van der Waals surface area contributed by atoms with E-state index < -0.39 is 0 Å². The maximum absolute atomic E-state index is 12.9. The lowest BCUT2D eigenvalue weighted by molar-refractivity contribution is -0.123. The number of Topliss-reactive ketones (excluding diaryl/α,β-unsaturated/α-hetero) is 1. The average molecular weight is 389 g/mol. The van der Waals surface area contributed by atoms with Gasteiger partial charge >= 0.3 is 0 Å². The van der Waals surface area contributed by atoms with Crippen molar-refractivity contribution in [1.29, 1.82) is 0 Å². The van der Waals surface area contributed by atoms with E-state index in [0.29, 0.717) is 28.8 Å². The number of fused-ring (bicyclic) bond motifs is 5. The molecule has 2 amide bonds. The van der Waals surface area contributed by atoms with Crippen molar-refractivity contribution in [3.8, 4) is 5.75 Å². The molecule has 2 aromatic rings. The Morgan fingerprint density at radius 1 is 0.931 bits per heavy atom. The summed E-state index contributed by atoms with van der Waals surface area (Å²) in [5.41, 5.74) is 2.30. The Balaban J connectivity index is 1.26. The predicted octanol–water partition coefficient (Wildman–Crippen LogP) is 3.79. The second kappa shape index (κ2) is 6.83. The smallest absolute Gasteiger partial charge is 0.237 e. The van der Waals surface area contributed by atoms with Gasteiger partial charge in [0.2, 0.25) is 11.8 Å². The summed E-state index contributed by atoms with van der Waals surface area (Å²) in [6.45, 7) is 1.91. The molecule has 3 fully saturated rings. The molecule has 148 valence electrons. The Hall–Kier alpha value is -2.95. The number of nitrogens with zero attached hydrogens (tertiary/aromatic N) is 1. The van der Waals surface area contributed by atoms with Gasteiger partial charge in [0.05, 0.1) is 17.5 Å². The molecule has 5 nitrogen and oxygen atoms in total. The van der Waals surface area contributed by atoms with Crippen molar-refractivity contribution in [2.75, 3.05) is 11.5 Å². The number of carbonyl (C=O) groups excluding carboxylic acids is 3. The van der Waals surface area contributed by atoms with Gasteiger partial charge in [-0.15, -0.1) is 0 Å². The van der Waals surface area contributed by atoms with E-state index in [9.17, 15) is 14.4 Å². The molecule has 1 saturated heterocycles. The lowest BCUT2D eigenvalue weighted by Crippen LogP contribution is -2.32. The molecule has 2 bridgehead atoms. The lowest BCUT2D eigenvalue weighted by Gasteiger charge is -2.19. The number of hydrogen-bond donors (Lipinski definition) is 0. The van der Waals surface area contributed by atoms with Gasteiger partial charge in [-0.2, -0.15) is 0 Å². The summed E-state index contributed by atoms with van der Waals surface area (Å²) in [7, 11) is 0. The van der Waals surface area contributed by atoms with Crippen molar-refractivity contribution in [2.45, 2.75) is 26.2 Å². The SMILES string of the molecule is Cc1ccc(C(=O)COc2ccc(N3C(=O)[C@@H]4[C@@H]5CC[C@@H](C5)[C@@H]4C3=O)cc2)cc1. The van der Waals surface area contributed by atoms with Crippen molar-refractivity contribution in [2.24, 2.45) is 23.7 Å². The molecule has 0 radical (unpaired) electrons. The highest BCUT2D eigenvalue weighted by molar-refractivity contribution is 6.22. The largest absolute Gasteiger partial charge is 0.485 e. The summed E-state index contributed by atoms with van der Waals surface area (Å²) in [6.07, 6.45) is 3.17. The number of amides is 2. The molecule has 4 atom stereocenters. The van der Waals surface area contributed by atoms with Gasteiger partial charge in [-0.25, -0.2) is 0 Å². The summed E-state index contributed by atoms with van der Waals surface area (Å²) in [6, 6.07) is 14.2. The van der Waals surface area contributed by atoms with Crippen LogP contribution in [0.1, 0.15) is 35.2 Å². The topological polar surface area (TPSA) is 63.7 Å². The average Bonchev–Trinajstić information content (AvgIpc) is 3.41. The van der Waals surface area contributed by atoms with Gasteiger partial charge in [-0.05, 0) is 62.3 Å². The molecule has 2 aromatic carbocycles. The van der Waals surface area contributed by atoms with Crippen LogP contribution in [0.5, 0.6) is 5.75 Å². The number of imide groups is 1. The van der Waals surface area contributed by atoms with Gasteiger partial charge < -0.3 is 4.74 Å². The van der Waals surface area contributed by atoms with Gasteiger partial charge in [0.25, 0.3) is 0 Å². The molecule has 29 heavy (non-hydrogen) atoms. The number of hydrogen-bond acceptors (Lipinski definition) is 4. The van der Waals surface area contributed by atoms with Crippen LogP contribution in [0.4, 0.5) is 5.69 Å². The monoisotopic (exact) mass is 389 g/mol. The Labute approximate surface area is 169 Å². The lowest BCUT2D eigenvalue weighted by atomic mass is 9.81. The van der Waals surface area contributed by atoms with E-state index in [1.807, 2.05) is 19.1 Å². The highest BCUT2D eigenvalue weighted by atomic mass is 16.5. The molecule has 3 aliphatic rings. The summed E-state index contributed by atoms with van der Waals surface area (Å²) in [5.74, 6) is 0.860. The van der Waals surface area contributed by atoms with Gasteiger partial charge in [0, 0.05) is 5.56 Å². The van der Waals surface area contributed by atoms with E-state index in [1.165, 1.54) is 4.90 Å². The molecule has 1 heterocycles. The van der Waals surface area contributed by atoms with Crippen LogP contribution in [-0.4, -0.2) is 24.2 Å². The third-order valence-corrected chi connectivity index (χ3v) is 6.77. The van der Waals surface area contributed by atoms with E-state index in [0.717, 1.165) is 24.8 Å². The fourth-order valence-electron chi connectivity index (χ4n) is 5.33. The number of carbonyl (C=O) groups is 3. The third-order valence-electron chi connectivity index (χ3n) is 6.77. The molecular formula is C24H23NO4. The number of ketones is 1. The summed E-state index contributed by atoms with van der Waals surface area (Å²) in [4.78, 5) is 39.4. The van der Waals surface area contributed by atoms with Gasteiger partial charge in [0.1, 0.15) is 5.75 Å². The zero-order valence-corrected chi connectivity index (χ0v) is 16.3. The van der Waals surface area contributed by atoms with Crippen molar-refractivity contribution < 1.29 is 19.1 Å². The quantitative estimate of drug-likeness (QED) is 0.577. The zero-order valence-electron chi connectivity index (χ0n) is 16.3. The number of aryl methyl sites for hydroxylation is 1. The highest BCUT2D eigenvalue weighted by Gasteiger charge is 2.61. The number of anilines is 1. The number of ether oxygens (including phenoxy) is 1. The van der Waals surface area contributed by atoms with E-state index in [-0.39, 0.29) is 36.0 Å². The van der Waals surface area contributed by atoms with Crippen LogP contribution >= 0.6 is 0 Å². The molecule has 5 rings (SSSR count). The van der Waals surface area contributed by atoms with Crippen LogP contribution < -0.4 is 9.64 Å². The van der Waals surface area contributed by atoms with E-state index in [4.69, 9.17) is 4.74 Å². The molecule has 0 spiro atoms. The Morgan fingerprint density at radius 3 is 2.10 bits per heavy atom. The molecule has 2 aliphatic carbocycles. The Morgan fingerprint density at radius 2 is 1.52 bits per heavy atom. The molecule has 0 unspecified atom stereocenters. The molecule has 0 aromatic heterocycles. The normalized spacial score (nSPS) is 27.4. The molecular weight excluding hydrogens is 366 g/mol. The Bertz CT molecular complexity index is 951. The summed E-state index contributed by atoms with van der Waals surface area (Å²) < 4.78 is 5.60. The minimum Gasteiger partial charge on any atom is -0.485 e. The minimum atomic E-state index is -0.121. The van der Waals surface area contributed by atoms with Crippen LogP contribution in [0, 0.1) is 30.6 Å². The van der Waals surface area contributed by atoms with Gasteiger partial charge in [-0.1, -0.05) is 29.8 Å². The first kappa shape index (κ1) is 18.1. The minimum absolute atomic E-state index is 0.0459. The van der Waals surface area contributed by atoms with E-state index >= 15 is 0 Å². The molecule has 0 N–H and O–H groups in total. The van der Waals surface area contributed by atoms with Crippen LogP contribution in [0.2, 0.25) is 0 Å². The van der Waals surface area contributed by atoms with E-state index in [2.05, 4.69) is 0 Å². The fourth-order valence-corrected chi connectivity index (χ4v) is 5.33. The number of rotatable bonds is 5. The zero-order chi connectivity index (χ0) is 20.1. The van der Waals surface area contributed by atoms with Crippen molar-refractivity contribution in [3.05, 3.63) is 59.7 Å².